The summed E-state index contributed by atoms with van der Waals surface area (Å²) in [7, 11) is -1.92. The van der Waals surface area contributed by atoms with Crippen LogP contribution >= 0.6 is 0 Å². The van der Waals surface area contributed by atoms with Gasteiger partial charge in [0.05, 0.1) is 5.69 Å². The molecule has 1 aromatic rings. The minimum atomic E-state index is -1.92. The topological polar surface area (TPSA) is 78.8 Å². The molecule has 5 nitrogen and oxygen atoms in total. The summed E-state index contributed by atoms with van der Waals surface area (Å²) in [6.07, 6.45) is 1.10. The first-order valence-electron chi connectivity index (χ1n) is 4.18. The van der Waals surface area contributed by atoms with Crippen LogP contribution in [0.1, 0.15) is 0 Å². The van der Waals surface area contributed by atoms with Crippen molar-refractivity contribution in [2.45, 2.75) is 0 Å². The first-order chi connectivity index (χ1) is 7.13. The lowest BCUT2D eigenvalue weighted by atomic mass is 10.2. The van der Waals surface area contributed by atoms with Crippen LogP contribution in [-0.2, 0) is 4.79 Å². The highest BCUT2D eigenvalue weighted by Gasteiger charge is 2.14. The number of hydrogen-bond acceptors (Lipinski definition) is 4. The Kier molecular flexibility index (Phi) is 3.90. The fourth-order valence-corrected chi connectivity index (χ4v) is 0.970. The van der Waals surface area contributed by atoms with Crippen molar-refractivity contribution in [3.05, 3.63) is 36.9 Å². The minimum absolute atomic E-state index is 0.169. The number of benzene rings is 1. The molecule has 0 aliphatic heterocycles. The van der Waals surface area contributed by atoms with E-state index in [9.17, 15) is 4.79 Å². The van der Waals surface area contributed by atoms with E-state index in [1.54, 1.807) is 18.2 Å². The molecule has 1 rings (SSSR count). The van der Waals surface area contributed by atoms with Gasteiger partial charge in [0.1, 0.15) is 5.75 Å². The Morgan fingerprint density at radius 1 is 1.47 bits per heavy atom. The predicted molar refractivity (Wildman–Crippen MR) is 56.1 cm³/mol. The average molecular weight is 207 g/mol. The molecule has 3 N–H and O–H groups in total. The maximum absolute atomic E-state index is 11.0. The third-order valence-electron chi connectivity index (χ3n) is 1.56. The molecule has 0 bridgehead atoms. The van der Waals surface area contributed by atoms with Crippen LogP contribution in [0.25, 0.3) is 0 Å². The summed E-state index contributed by atoms with van der Waals surface area (Å²) in [4.78, 5) is 11.0. The molecule has 0 aromatic heterocycles. The number of para-hydroxylation sites is 2. The van der Waals surface area contributed by atoms with Crippen molar-refractivity contribution in [2.75, 3.05) is 5.32 Å². The van der Waals surface area contributed by atoms with Crippen LogP contribution in [0.4, 0.5) is 5.69 Å². The van der Waals surface area contributed by atoms with E-state index in [1.807, 2.05) is 0 Å². The van der Waals surface area contributed by atoms with Crippen LogP contribution in [0, 0.1) is 0 Å². The fourth-order valence-electron chi connectivity index (χ4n) is 0.970. The summed E-state index contributed by atoms with van der Waals surface area (Å²) in [6, 6.07) is 6.38. The molecular formula is C9H10BNO4. The van der Waals surface area contributed by atoms with Gasteiger partial charge in [-0.3, -0.25) is 4.79 Å². The molecule has 1 amide bonds. The molecule has 0 saturated heterocycles. The minimum Gasteiger partial charge on any atom is -0.510 e. The van der Waals surface area contributed by atoms with E-state index in [4.69, 9.17) is 10.0 Å². The van der Waals surface area contributed by atoms with Gasteiger partial charge in [-0.1, -0.05) is 18.7 Å². The molecule has 1 aromatic carbocycles. The summed E-state index contributed by atoms with van der Waals surface area (Å²) in [5.41, 5.74) is 0.343. The van der Waals surface area contributed by atoms with Gasteiger partial charge in [-0.15, -0.1) is 0 Å². The zero-order valence-electron chi connectivity index (χ0n) is 7.88. The Morgan fingerprint density at radius 2 is 2.13 bits per heavy atom. The van der Waals surface area contributed by atoms with E-state index in [-0.39, 0.29) is 5.75 Å². The van der Waals surface area contributed by atoms with Crippen LogP contribution < -0.4 is 9.97 Å². The molecule has 78 valence electrons. The molecule has 0 spiro atoms. The van der Waals surface area contributed by atoms with Crippen LogP contribution in [0.3, 0.4) is 0 Å². The van der Waals surface area contributed by atoms with Gasteiger partial charge in [-0.05, 0) is 18.2 Å². The second-order valence-corrected chi connectivity index (χ2v) is 2.63. The first-order valence-corrected chi connectivity index (χ1v) is 4.18. The van der Waals surface area contributed by atoms with Crippen molar-refractivity contribution < 1.29 is 19.5 Å². The van der Waals surface area contributed by atoms with Crippen LogP contribution in [0.15, 0.2) is 36.9 Å². The number of carbonyl (C=O) groups excluding carboxylic acids is 1. The number of hydrogen-bond donors (Lipinski definition) is 3. The quantitative estimate of drug-likeness (QED) is 0.485. The summed E-state index contributed by atoms with van der Waals surface area (Å²) in [6.45, 7) is 3.30. The molecule has 0 aliphatic rings. The Morgan fingerprint density at radius 3 is 2.73 bits per heavy atom. The summed E-state index contributed by atoms with van der Waals surface area (Å²) < 4.78 is 4.65. The van der Waals surface area contributed by atoms with Crippen LogP contribution in [0.2, 0.25) is 0 Å². The smallest absolute Gasteiger partial charge is 0.510 e. The molecule has 0 aliphatic carbocycles. The normalized spacial score (nSPS) is 9.20. The molecule has 0 radical (unpaired) electrons. The van der Waals surface area contributed by atoms with E-state index in [0.29, 0.717) is 5.69 Å². The van der Waals surface area contributed by atoms with Gasteiger partial charge in [0.25, 0.3) is 0 Å². The predicted octanol–water partition coefficient (Wildman–Crippen LogP) is 0.159. The Hall–Kier alpha value is -1.79. The molecule has 0 atom stereocenters. The Balaban J connectivity index is 2.85. The van der Waals surface area contributed by atoms with Crippen molar-refractivity contribution in [3.8, 4) is 5.75 Å². The van der Waals surface area contributed by atoms with E-state index in [2.05, 4.69) is 16.6 Å². The monoisotopic (exact) mass is 207 g/mol. The summed E-state index contributed by atoms with van der Waals surface area (Å²) >= 11 is 0. The Labute approximate surface area is 87.2 Å². The highest BCUT2D eigenvalue weighted by molar-refractivity contribution is 6.34. The van der Waals surface area contributed by atoms with Gasteiger partial charge in [0.15, 0.2) is 0 Å². The number of anilines is 1. The maximum Gasteiger partial charge on any atom is 0.707 e. The van der Waals surface area contributed by atoms with Gasteiger partial charge in [0, 0.05) is 0 Å². The zero-order chi connectivity index (χ0) is 11.3. The molecule has 15 heavy (non-hydrogen) atoms. The van der Waals surface area contributed by atoms with Crippen molar-refractivity contribution >= 4 is 18.9 Å². The number of nitrogens with one attached hydrogen (secondary N) is 1. The lowest BCUT2D eigenvalue weighted by molar-refractivity contribution is -0.111. The van der Waals surface area contributed by atoms with Crippen LogP contribution in [-0.4, -0.2) is 23.3 Å². The first kappa shape index (κ1) is 11.3. The third-order valence-corrected chi connectivity index (χ3v) is 1.56. The van der Waals surface area contributed by atoms with Gasteiger partial charge >= 0.3 is 7.32 Å². The van der Waals surface area contributed by atoms with Crippen molar-refractivity contribution in [1.29, 1.82) is 0 Å². The molecule has 0 saturated carbocycles. The third kappa shape index (κ3) is 3.45. The molecule has 0 fully saturated rings. The highest BCUT2D eigenvalue weighted by atomic mass is 16.6. The van der Waals surface area contributed by atoms with Gasteiger partial charge in [-0.2, -0.15) is 0 Å². The van der Waals surface area contributed by atoms with E-state index >= 15 is 0 Å². The highest BCUT2D eigenvalue weighted by Crippen LogP contribution is 2.23. The largest absolute Gasteiger partial charge is 0.707 e. The standard InChI is InChI=1S/C9H10BNO4/c1-2-9(12)11-7-5-3-4-6-8(7)15-10(13)14/h2-6,13-14H,1H2,(H,11,12). The van der Waals surface area contributed by atoms with Gasteiger partial charge < -0.3 is 20.0 Å². The second kappa shape index (κ2) is 5.18. The molecular weight excluding hydrogens is 197 g/mol. The molecule has 0 heterocycles. The van der Waals surface area contributed by atoms with Crippen molar-refractivity contribution in [2.24, 2.45) is 0 Å². The van der Waals surface area contributed by atoms with Gasteiger partial charge in [-0.25, -0.2) is 0 Å². The lowest BCUT2D eigenvalue weighted by Crippen LogP contribution is -2.21. The molecule has 0 unspecified atom stereocenters. The van der Waals surface area contributed by atoms with E-state index < -0.39 is 13.2 Å². The SMILES string of the molecule is C=CC(=O)Nc1ccccc1OB(O)O. The lowest BCUT2D eigenvalue weighted by Gasteiger charge is -2.10. The molecule has 6 heteroatoms. The number of carbonyl (C=O) groups is 1. The summed E-state index contributed by atoms with van der Waals surface area (Å²) in [5, 5.41) is 19.7. The number of rotatable bonds is 4. The van der Waals surface area contributed by atoms with E-state index in [0.717, 1.165) is 6.08 Å². The summed E-state index contributed by atoms with van der Waals surface area (Å²) in [5.74, 6) is -0.235. The van der Waals surface area contributed by atoms with Gasteiger partial charge in [0.2, 0.25) is 5.91 Å². The Bertz CT molecular complexity index is 367. The zero-order valence-corrected chi connectivity index (χ0v) is 7.88. The van der Waals surface area contributed by atoms with Crippen molar-refractivity contribution in [1.82, 2.24) is 0 Å². The fraction of sp³-hybridized carbons (Fsp3) is 0. The second-order valence-electron chi connectivity index (χ2n) is 2.63. The average Bonchev–Trinajstić information content (AvgIpc) is 2.20. The van der Waals surface area contributed by atoms with E-state index in [1.165, 1.54) is 6.07 Å². The van der Waals surface area contributed by atoms with Crippen molar-refractivity contribution in [3.63, 3.8) is 0 Å². The maximum atomic E-state index is 11.0. The number of amides is 1. The van der Waals surface area contributed by atoms with Crippen LogP contribution in [0.5, 0.6) is 5.75 Å².